The van der Waals surface area contributed by atoms with E-state index in [-0.39, 0.29) is 16.9 Å². The van der Waals surface area contributed by atoms with Gasteiger partial charge in [0.05, 0.1) is 11.0 Å². The van der Waals surface area contributed by atoms with E-state index in [1.165, 1.54) is 17.1 Å². The zero-order valence-electron chi connectivity index (χ0n) is 15.0. The molecular weight excluding hydrogens is 352 g/mol. The summed E-state index contributed by atoms with van der Waals surface area (Å²) in [6, 6.07) is 6.36. The standard InChI is InChI=1S/C19H26N2O4S/c22-19(20-12-9-17(13-20)25-14-15-3-4-15)16-5-7-18(8-6-16)26(23,24)21-10-1-2-11-21/h5-8,15,17H,1-4,9-14H2. The normalized spacial score (nSPS) is 24.3. The predicted octanol–water partition coefficient (Wildman–Crippen LogP) is 2.11. The van der Waals surface area contributed by atoms with Crippen molar-refractivity contribution in [1.82, 2.24) is 9.21 Å². The molecule has 2 saturated heterocycles. The lowest BCUT2D eigenvalue weighted by molar-refractivity contribution is 0.0480. The number of carbonyl (C=O) groups is 1. The lowest BCUT2D eigenvalue weighted by Crippen LogP contribution is -2.30. The van der Waals surface area contributed by atoms with E-state index < -0.39 is 10.0 Å². The number of nitrogens with zero attached hydrogens (tertiary/aromatic N) is 2. The van der Waals surface area contributed by atoms with Gasteiger partial charge in [0.2, 0.25) is 10.0 Å². The highest BCUT2D eigenvalue weighted by atomic mass is 32.2. The van der Waals surface area contributed by atoms with Crippen molar-refractivity contribution < 1.29 is 17.9 Å². The molecule has 3 aliphatic rings. The van der Waals surface area contributed by atoms with Crippen molar-refractivity contribution in [2.24, 2.45) is 5.92 Å². The highest BCUT2D eigenvalue weighted by molar-refractivity contribution is 7.89. The second-order valence-electron chi connectivity index (χ2n) is 7.57. The second kappa shape index (κ2) is 7.29. The van der Waals surface area contributed by atoms with Crippen LogP contribution in [0, 0.1) is 5.92 Å². The Bertz CT molecular complexity index is 752. The van der Waals surface area contributed by atoms with Crippen molar-refractivity contribution in [3.63, 3.8) is 0 Å². The third-order valence-corrected chi connectivity index (χ3v) is 7.41. The third kappa shape index (κ3) is 3.80. The fourth-order valence-corrected chi connectivity index (χ4v) is 5.15. The minimum atomic E-state index is -3.43. The maximum atomic E-state index is 12.7. The van der Waals surface area contributed by atoms with Crippen LogP contribution in [-0.4, -0.2) is 62.4 Å². The van der Waals surface area contributed by atoms with Crippen molar-refractivity contribution >= 4 is 15.9 Å². The Balaban J connectivity index is 1.37. The molecule has 0 spiro atoms. The maximum absolute atomic E-state index is 12.7. The van der Waals surface area contributed by atoms with Gasteiger partial charge in [-0.15, -0.1) is 0 Å². The minimum absolute atomic E-state index is 0.0485. The summed E-state index contributed by atoms with van der Waals surface area (Å²) < 4.78 is 32.5. The van der Waals surface area contributed by atoms with Crippen molar-refractivity contribution in [1.29, 1.82) is 0 Å². The molecule has 1 atom stereocenters. The van der Waals surface area contributed by atoms with Crippen LogP contribution < -0.4 is 0 Å². The smallest absolute Gasteiger partial charge is 0.253 e. The number of hydrogen-bond donors (Lipinski definition) is 0. The van der Waals surface area contributed by atoms with Crippen molar-refractivity contribution in [2.45, 2.75) is 43.1 Å². The molecule has 1 aliphatic carbocycles. The van der Waals surface area contributed by atoms with Crippen molar-refractivity contribution in [3.05, 3.63) is 29.8 Å². The van der Waals surface area contributed by atoms with Gasteiger partial charge in [0, 0.05) is 38.3 Å². The largest absolute Gasteiger partial charge is 0.376 e. The molecule has 1 amide bonds. The molecule has 0 aromatic heterocycles. The van der Waals surface area contributed by atoms with Gasteiger partial charge in [-0.25, -0.2) is 8.42 Å². The van der Waals surface area contributed by atoms with Crippen LogP contribution in [0.15, 0.2) is 29.2 Å². The van der Waals surface area contributed by atoms with E-state index >= 15 is 0 Å². The third-order valence-electron chi connectivity index (χ3n) is 5.50. The molecule has 1 aromatic carbocycles. The molecule has 6 nitrogen and oxygen atoms in total. The van der Waals surface area contributed by atoms with Crippen LogP contribution in [0.25, 0.3) is 0 Å². The number of rotatable bonds is 6. The fraction of sp³-hybridized carbons (Fsp3) is 0.632. The molecule has 2 heterocycles. The molecule has 7 heteroatoms. The lowest BCUT2D eigenvalue weighted by Gasteiger charge is -2.18. The molecule has 4 rings (SSSR count). The zero-order valence-corrected chi connectivity index (χ0v) is 15.8. The number of hydrogen-bond acceptors (Lipinski definition) is 4. The van der Waals surface area contributed by atoms with Crippen LogP contribution in [0.1, 0.15) is 42.5 Å². The number of benzene rings is 1. The Morgan fingerprint density at radius 2 is 1.73 bits per heavy atom. The summed E-state index contributed by atoms with van der Waals surface area (Å²) in [4.78, 5) is 14.7. The molecule has 1 aromatic rings. The van der Waals surface area contributed by atoms with Gasteiger partial charge in [-0.3, -0.25) is 4.79 Å². The number of ether oxygens (including phenoxy) is 1. The first-order valence-corrected chi connectivity index (χ1v) is 11.0. The molecule has 26 heavy (non-hydrogen) atoms. The van der Waals surface area contributed by atoms with Gasteiger partial charge >= 0.3 is 0 Å². The van der Waals surface area contributed by atoms with Crippen LogP contribution in [0.2, 0.25) is 0 Å². The molecule has 0 N–H and O–H groups in total. The summed E-state index contributed by atoms with van der Waals surface area (Å²) in [5.41, 5.74) is 0.535. The Kier molecular flexibility index (Phi) is 5.03. The minimum Gasteiger partial charge on any atom is -0.376 e. The van der Waals surface area contributed by atoms with Crippen LogP contribution >= 0.6 is 0 Å². The molecule has 1 unspecified atom stereocenters. The van der Waals surface area contributed by atoms with E-state index in [4.69, 9.17) is 4.74 Å². The van der Waals surface area contributed by atoms with Gasteiger partial charge in [-0.05, 0) is 62.3 Å². The molecule has 3 fully saturated rings. The summed E-state index contributed by atoms with van der Waals surface area (Å²) in [7, 11) is -3.43. The fourth-order valence-electron chi connectivity index (χ4n) is 3.63. The van der Waals surface area contributed by atoms with Crippen LogP contribution in [-0.2, 0) is 14.8 Å². The number of sulfonamides is 1. The number of likely N-dealkylation sites (tertiary alicyclic amines) is 1. The second-order valence-corrected chi connectivity index (χ2v) is 9.51. The first-order chi connectivity index (χ1) is 12.5. The summed E-state index contributed by atoms with van der Waals surface area (Å²) in [5, 5.41) is 0. The summed E-state index contributed by atoms with van der Waals surface area (Å²) in [5.74, 6) is 0.678. The number of carbonyl (C=O) groups excluding carboxylic acids is 1. The Morgan fingerprint density at radius 3 is 2.38 bits per heavy atom. The van der Waals surface area contributed by atoms with E-state index in [9.17, 15) is 13.2 Å². The van der Waals surface area contributed by atoms with Gasteiger partial charge in [-0.2, -0.15) is 4.31 Å². The SMILES string of the molecule is O=C(c1ccc(S(=O)(=O)N2CCCC2)cc1)N1CCC(OCC2CC2)C1. The van der Waals surface area contributed by atoms with Gasteiger partial charge in [-0.1, -0.05) is 0 Å². The summed E-state index contributed by atoms with van der Waals surface area (Å²) >= 11 is 0. The molecule has 142 valence electrons. The summed E-state index contributed by atoms with van der Waals surface area (Å²) in [6.07, 6.45) is 5.36. The van der Waals surface area contributed by atoms with Crippen molar-refractivity contribution in [3.8, 4) is 0 Å². The molecule has 2 aliphatic heterocycles. The Labute approximate surface area is 155 Å². The van der Waals surface area contributed by atoms with Crippen LogP contribution in [0.4, 0.5) is 0 Å². The molecule has 0 radical (unpaired) electrons. The predicted molar refractivity (Wildman–Crippen MR) is 97.4 cm³/mol. The average molecular weight is 378 g/mol. The van der Waals surface area contributed by atoms with E-state index in [1.807, 2.05) is 4.90 Å². The first-order valence-electron chi connectivity index (χ1n) is 9.55. The summed E-state index contributed by atoms with van der Waals surface area (Å²) in [6.45, 7) is 3.30. The Morgan fingerprint density at radius 1 is 1.04 bits per heavy atom. The monoisotopic (exact) mass is 378 g/mol. The lowest BCUT2D eigenvalue weighted by atomic mass is 10.2. The van der Waals surface area contributed by atoms with E-state index in [2.05, 4.69) is 0 Å². The molecule has 1 saturated carbocycles. The topological polar surface area (TPSA) is 66.9 Å². The molecule has 0 bridgehead atoms. The molecular formula is C19H26N2O4S. The zero-order chi connectivity index (χ0) is 18.1. The average Bonchev–Trinajstić information content (AvgIpc) is 3.13. The van der Waals surface area contributed by atoms with Gasteiger partial charge < -0.3 is 9.64 Å². The van der Waals surface area contributed by atoms with E-state index in [0.29, 0.717) is 31.7 Å². The van der Waals surface area contributed by atoms with Gasteiger partial charge in [0.15, 0.2) is 0 Å². The van der Waals surface area contributed by atoms with Gasteiger partial charge in [0.1, 0.15) is 0 Å². The highest BCUT2D eigenvalue weighted by Gasteiger charge is 2.31. The van der Waals surface area contributed by atoms with E-state index in [1.54, 1.807) is 24.3 Å². The maximum Gasteiger partial charge on any atom is 0.253 e. The van der Waals surface area contributed by atoms with Crippen LogP contribution in [0.5, 0.6) is 0 Å². The highest BCUT2D eigenvalue weighted by Crippen LogP contribution is 2.30. The van der Waals surface area contributed by atoms with Crippen molar-refractivity contribution in [2.75, 3.05) is 32.8 Å². The van der Waals surface area contributed by atoms with E-state index in [0.717, 1.165) is 31.8 Å². The first kappa shape index (κ1) is 17.9. The number of amides is 1. The quantitative estimate of drug-likeness (QED) is 0.760. The van der Waals surface area contributed by atoms with Crippen LogP contribution in [0.3, 0.4) is 0 Å². The van der Waals surface area contributed by atoms with Gasteiger partial charge in [0.25, 0.3) is 5.91 Å². The Hall–Kier alpha value is -1.44.